The molecule has 0 saturated carbocycles. The van der Waals surface area contributed by atoms with Crippen LogP contribution in [0.25, 0.3) is 0 Å². The minimum absolute atomic E-state index is 0.0934. The summed E-state index contributed by atoms with van der Waals surface area (Å²) in [5.74, 6) is -1.75. The van der Waals surface area contributed by atoms with Crippen LogP contribution in [0.2, 0.25) is 0 Å². The summed E-state index contributed by atoms with van der Waals surface area (Å²) < 4.78 is 29.8. The van der Waals surface area contributed by atoms with Gasteiger partial charge in [-0.05, 0) is 18.6 Å². The number of hydrogen-bond acceptors (Lipinski definition) is 6. The van der Waals surface area contributed by atoms with E-state index >= 15 is 0 Å². The molecule has 2 rings (SSSR count). The zero-order chi connectivity index (χ0) is 19.5. The molecule has 1 aliphatic rings. The van der Waals surface area contributed by atoms with Gasteiger partial charge in [-0.25, -0.2) is 8.42 Å². The van der Waals surface area contributed by atoms with Crippen molar-refractivity contribution in [3.05, 3.63) is 29.3 Å². The molecule has 0 bridgehead atoms. The Morgan fingerprint density at radius 2 is 2.08 bits per heavy atom. The zero-order valence-corrected chi connectivity index (χ0v) is 15.4. The summed E-state index contributed by atoms with van der Waals surface area (Å²) in [5, 5.41) is 19.0. The summed E-state index contributed by atoms with van der Waals surface area (Å²) in [6.45, 7) is 1.41. The number of para-hydroxylation sites is 1. The van der Waals surface area contributed by atoms with Crippen molar-refractivity contribution in [2.24, 2.45) is 0 Å². The summed E-state index contributed by atoms with van der Waals surface area (Å²) in [5.41, 5.74) is 0.738. The number of phenols is 1. The fourth-order valence-electron chi connectivity index (χ4n) is 2.71. The normalized spacial score (nSPS) is 18.1. The Balaban J connectivity index is 2.12. The van der Waals surface area contributed by atoms with Gasteiger partial charge in [-0.2, -0.15) is 4.31 Å². The van der Waals surface area contributed by atoms with Crippen LogP contribution < -0.4 is 0 Å². The first-order chi connectivity index (χ1) is 12.1. The second kappa shape index (κ2) is 8.02. The second-order valence-electron chi connectivity index (χ2n) is 6.16. The maximum atomic E-state index is 12.7. The van der Waals surface area contributed by atoms with Crippen molar-refractivity contribution in [3.8, 4) is 5.75 Å². The van der Waals surface area contributed by atoms with E-state index in [1.807, 2.05) is 0 Å². The van der Waals surface area contributed by atoms with E-state index in [9.17, 15) is 23.1 Å². The molecule has 1 amide bonds. The Morgan fingerprint density at radius 3 is 2.69 bits per heavy atom. The molecule has 0 radical (unpaired) electrons. The van der Waals surface area contributed by atoms with Gasteiger partial charge in [-0.15, -0.1) is 0 Å². The van der Waals surface area contributed by atoms with Crippen molar-refractivity contribution in [1.29, 1.82) is 0 Å². The topological polar surface area (TPSA) is 124 Å². The number of carboxylic acid groups (broad SMARTS) is 1. The average Bonchev–Trinajstić information content (AvgIpc) is 2.55. The van der Waals surface area contributed by atoms with E-state index in [2.05, 4.69) is 0 Å². The Labute approximate surface area is 151 Å². The Bertz CT molecular complexity index is 794. The Morgan fingerprint density at radius 1 is 1.38 bits per heavy atom. The summed E-state index contributed by atoms with van der Waals surface area (Å²) in [7, 11) is -3.73. The Kier molecular flexibility index (Phi) is 6.21. The van der Waals surface area contributed by atoms with Gasteiger partial charge in [0.15, 0.2) is 0 Å². The van der Waals surface area contributed by atoms with Crippen molar-refractivity contribution in [2.45, 2.75) is 13.0 Å². The van der Waals surface area contributed by atoms with Crippen molar-refractivity contribution < 1.29 is 33.0 Å². The number of rotatable bonds is 6. The van der Waals surface area contributed by atoms with Crippen LogP contribution in [-0.2, 0) is 19.6 Å². The largest absolute Gasteiger partial charge is 0.507 e. The third-order valence-corrected chi connectivity index (χ3v) is 5.30. The van der Waals surface area contributed by atoms with Crippen molar-refractivity contribution in [1.82, 2.24) is 9.21 Å². The molecule has 0 spiro atoms. The molecule has 0 aliphatic carbocycles. The summed E-state index contributed by atoms with van der Waals surface area (Å²) in [4.78, 5) is 25.0. The van der Waals surface area contributed by atoms with E-state index in [1.54, 1.807) is 19.1 Å². The predicted octanol–water partition coefficient (Wildman–Crippen LogP) is -0.112. The highest BCUT2D eigenvalue weighted by molar-refractivity contribution is 7.88. The van der Waals surface area contributed by atoms with E-state index in [0.29, 0.717) is 12.1 Å². The summed E-state index contributed by atoms with van der Waals surface area (Å²) in [6, 6.07) is 4.87. The minimum atomic E-state index is -3.73. The maximum Gasteiger partial charge on any atom is 0.318 e. The molecule has 26 heavy (non-hydrogen) atoms. The number of ether oxygens (including phenoxy) is 1. The molecule has 10 heteroatoms. The minimum Gasteiger partial charge on any atom is -0.507 e. The third-order valence-electron chi connectivity index (χ3n) is 4.08. The number of amides is 1. The number of carbonyl (C=O) groups is 2. The first-order valence-corrected chi connectivity index (χ1v) is 9.80. The summed E-state index contributed by atoms with van der Waals surface area (Å²) in [6.07, 6.45) is 0.265. The lowest BCUT2D eigenvalue weighted by Crippen LogP contribution is -2.51. The van der Waals surface area contributed by atoms with Gasteiger partial charge in [0.25, 0.3) is 5.91 Å². The lowest BCUT2D eigenvalue weighted by molar-refractivity contribution is -0.137. The highest BCUT2D eigenvalue weighted by atomic mass is 32.2. The number of aryl methyl sites for hydroxylation is 1. The third kappa shape index (κ3) is 4.93. The number of benzene rings is 1. The number of phenolic OH excluding ortho intramolecular Hbond substituents is 1. The SMILES string of the molecule is Cc1cccc(C(=O)N2CCOC(CN(CC(=O)O)S(C)(=O)=O)C2)c1O. The van der Waals surface area contributed by atoms with Crippen LogP contribution in [0.4, 0.5) is 0 Å². The number of nitrogens with zero attached hydrogens (tertiary/aromatic N) is 2. The highest BCUT2D eigenvalue weighted by Crippen LogP contribution is 2.24. The maximum absolute atomic E-state index is 12.7. The van der Waals surface area contributed by atoms with E-state index in [1.165, 1.54) is 11.0 Å². The fourth-order valence-corrected chi connectivity index (χ4v) is 3.49. The number of aliphatic carboxylic acids is 1. The van der Waals surface area contributed by atoms with Gasteiger partial charge in [0, 0.05) is 19.6 Å². The smallest absolute Gasteiger partial charge is 0.318 e. The van der Waals surface area contributed by atoms with Gasteiger partial charge in [0.05, 0.1) is 24.5 Å². The first kappa shape index (κ1) is 20.1. The van der Waals surface area contributed by atoms with Crippen LogP contribution in [0.1, 0.15) is 15.9 Å². The standard InChI is InChI=1S/C16H22N2O7S/c1-11-4-3-5-13(15(11)21)16(22)17-6-7-25-12(8-17)9-18(10-14(19)20)26(2,23)24/h3-5,12,21H,6-10H2,1-2H3,(H,19,20). The van der Waals surface area contributed by atoms with Gasteiger partial charge in [-0.3, -0.25) is 9.59 Å². The number of carbonyl (C=O) groups excluding carboxylic acids is 1. The molecule has 1 saturated heterocycles. The molecule has 1 unspecified atom stereocenters. The quantitative estimate of drug-likeness (QED) is 0.699. The van der Waals surface area contributed by atoms with Gasteiger partial charge >= 0.3 is 5.97 Å². The molecule has 0 aromatic heterocycles. The number of morpholine rings is 1. The molecule has 1 aliphatic heterocycles. The van der Waals surface area contributed by atoms with Crippen LogP contribution in [-0.4, -0.2) is 84.9 Å². The van der Waals surface area contributed by atoms with E-state index in [0.717, 1.165) is 10.6 Å². The monoisotopic (exact) mass is 386 g/mol. The van der Waals surface area contributed by atoms with Gasteiger partial charge in [-0.1, -0.05) is 12.1 Å². The predicted molar refractivity (Wildman–Crippen MR) is 92.5 cm³/mol. The van der Waals surface area contributed by atoms with Crippen molar-refractivity contribution >= 4 is 21.9 Å². The molecule has 9 nitrogen and oxygen atoms in total. The van der Waals surface area contributed by atoms with Gasteiger partial charge < -0.3 is 19.8 Å². The van der Waals surface area contributed by atoms with Gasteiger partial charge in [0.1, 0.15) is 12.3 Å². The average molecular weight is 386 g/mol. The van der Waals surface area contributed by atoms with Gasteiger partial charge in [0.2, 0.25) is 10.0 Å². The highest BCUT2D eigenvalue weighted by Gasteiger charge is 2.30. The molecule has 1 atom stereocenters. The number of carboxylic acids is 1. The van der Waals surface area contributed by atoms with E-state index in [-0.39, 0.29) is 36.9 Å². The van der Waals surface area contributed by atoms with E-state index < -0.39 is 28.6 Å². The zero-order valence-electron chi connectivity index (χ0n) is 14.6. The molecule has 1 heterocycles. The van der Waals surface area contributed by atoms with Crippen LogP contribution in [0.5, 0.6) is 5.75 Å². The van der Waals surface area contributed by atoms with Crippen LogP contribution in [0.15, 0.2) is 18.2 Å². The first-order valence-electron chi connectivity index (χ1n) is 7.96. The lowest BCUT2D eigenvalue weighted by Gasteiger charge is -2.35. The summed E-state index contributed by atoms with van der Waals surface area (Å²) >= 11 is 0. The fraction of sp³-hybridized carbons (Fsp3) is 0.500. The molecule has 1 fully saturated rings. The van der Waals surface area contributed by atoms with Crippen LogP contribution in [0, 0.1) is 6.92 Å². The van der Waals surface area contributed by atoms with Crippen LogP contribution >= 0.6 is 0 Å². The lowest BCUT2D eigenvalue weighted by atomic mass is 10.1. The van der Waals surface area contributed by atoms with Crippen LogP contribution in [0.3, 0.4) is 0 Å². The van der Waals surface area contributed by atoms with Crippen molar-refractivity contribution in [3.63, 3.8) is 0 Å². The molecule has 2 N–H and O–H groups in total. The van der Waals surface area contributed by atoms with Crippen molar-refractivity contribution in [2.75, 3.05) is 39.0 Å². The molecular formula is C16H22N2O7S. The van der Waals surface area contributed by atoms with E-state index in [4.69, 9.17) is 9.84 Å². The second-order valence-corrected chi connectivity index (χ2v) is 8.15. The Hall–Kier alpha value is -2.17. The number of sulfonamides is 1. The molecule has 144 valence electrons. The molecule has 1 aromatic rings. The molecular weight excluding hydrogens is 364 g/mol. The number of aromatic hydroxyl groups is 1. The number of hydrogen-bond donors (Lipinski definition) is 2. The molecule has 1 aromatic carbocycles.